The smallest absolute Gasteiger partial charge is 0.193 e. The first-order valence-corrected chi connectivity index (χ1v) is 3.78. The molecule has 1 aliphatic rings. The summed E-state index contributed by atoms with van der Waals surface area (Å²) in [6, 6.07) is 2.89. The van der Waals surface area contributed by atoms with E-state index >= 15 is 0 Å². The van der Waals surface area contributed by atoms with Crippen LogP contribution in [0.5, 0.6) is 11.5 Å². The molecular formula is C8H9N3O2. The highest BCUT2D eigenvalue weighted by atomic mass is 16.3. The molecule has 0 amide bonds. The fourth-order valence-electron chi connectivity index (χ4n) is 1.22. The van der Waals surface area contributed by atoms with Gasteiger partial charge in [0, 0.05) is 17.3 Å². The zero-order valence-corrected chi connectivity index (χ0v) is 6.78. The van der Waals surface area contributed by atoms with Crippen LogP contribution in [-0.2, 0) is 6.54 Å². The number of fused-ring (bicyclic) bond motifs is 1. The van der Waals surface area contributed by atoms with E-state index < -0.39 is 0 Å². The Morgan fingerprint density at radius 1 is 1.31 bits per heavy atom. The number of rotatable bonds is 0. The first-order chi connectivity index (χ1) is 6.16. The van der Waals surface area contributed by atoms with Crippen LogP contribution in [0.1, 0.15) is 5.56 Å². The molecular weight excluding hydrogens is 170 g/mol. The topological polar surface area (TPSA) is 90.9 Å². The van der Waals surface area contributed by atoms with E-state index in [9.17, 15) is 10.2 Å². The number of guanidine groups is 1. The largest absolute Gasteiger partial charge is 0.504 e. The summed E-state index contributed by atoms with van der Waals surface area (Å²) in [5, 5.41) is 21.2. The van der Waals surface area contributed by atoms with Gasteiger partial charge in [0.25, 0.3) is 0 Å². The van der Waals surface area contributed by atoms with E-state index in [0.29, 0.717) is 18.2 Å². The molecule has 0 atom stereocenters. The van der Waals surface area contributed by atoms with Gasteiger partial charge in [0.05, 0.1) is 6.54 Å². The van der Waals surface area contributed by atoms with Crippen LogP contribution in [-0.4, -0.2) is 16.2 Å². The Morgan fingerprint density at radius 2 is 2.00 bits per heavy atom. The molecule has 1 heterocycles. The van der Waals surface area contributed by atoms with Gasteiger partial charge < -0.3 is 21.3 Å². The van der Waals surface area contributed by atoms with Gasteiger partial charge in [-0.3, -0.25) is 0 Å². The summed E-state index contributed by atoms with van der Waals surface area (Å²) in [7, 11) is 0. The van der Waals surface area contributed by atoms with E-state index in [1.54, 1.807) is 0 Å². The molecule has 5 nitrogen and oxygen atoms in total. The molecule has 1 aromatic rings. The third-order valence-corrected chi connectivity index (χ3v) is 1.88. The average Bonchev–Trinajstić information content (AvgIpc) is 2.08. The lowest BCUT2D eigenvalue weighted by molar-refractivity contribution is 0.403. The molecule has 0 saturated heterocycles. The van der Waals surface area contributed by atoms with Gasteiger partial charge in [-0.1, -0.05) is 0 Å². The van der Waals surface area contributed by atoms with Gasteiger partial charge in [0.2, 0.25) is 0 Å². The van der Waals surface area contributed by atoms with Crippen molar-refractivity contribution in [3.05, 3.63) is 17.7 Å². The van der Waals surface area contributed by atoms with E-state index in [1.165, 1.54) is 12.1 Å². The van der Waals surface area contributed by atoms with Crippen LogP contribution >= 0.6 is 0 Å². The molecule has 0 aliphatic carbocycles. The second-order valence-corrected chi connectivity index (χ2v) is 2.82. The maximum atomic E-state index is 9.19. The number of aromatic hydroxyl groups is 2. The summed E-state index contributed by atoms with van der Waals surface area (Å²) >= 11 is 0. The molecule has 0 radical (unpaired) electrons. The summed E-state index contributed by atoms with van der Waals surface area (Å²) in [5.74, 6) is 0.00904. The summed E-state index contributed by atoms with van der Waals surface area (Å²) in [4.78, 5) is 3.93. The lowest BCUT2D eigenvalue weighted by Gasteiger charge is -2.16. The number of anilines is 1. The number of nitrogens with zero attached hydrogens (tertiary/aromatic N) is 1. The van der Waals surface area contributed by atoms with E-state index in [1.807, 2.05) is 0 Å². The lowest BCUT2D eigenvalue weighted by atomic mass is 10.1. The van der Waals surface area contributed by atoms with Gasteiger partial charge in [0.15, 0.2) is 17.5 Å². The van der Waals surface area contributed by atoms with Crippen LogP contribution in [0.3, 0.4) is 0 Å². The van der Waals surface area contributed by atoms with Gasteiger partial charge in [-0.25, -0.2) is 4.99 Å². The monoisotopic (exact) mass is 179 g/mol. The normalized spacial score (nSPS) is 14.3. The Balaban J connectivity index is 2.48. The summed E-state index contributed by atoms with van der Waals surface area (Å²) in [5.41, 5.74) is 6.93. The van der Waals surface area contributed by atoms with Crippen LogP contribution in [0.4, 0.5) is 5.69 Å². The zero-order chi connectivity index (χ0) is 9.42. The van der Waals surface area contributed by atoms with Gasteiger partial charge >= 0.3 is 0 Å². The van der Waals surface area contributed by atoms with E-state index in [4.69, 9.17) is 5.73 Å². The third-order valence-electron chi connectivity index (χ3n) is 1.88. The highest BCUT2D eigenvalue weighted by molar-refractivity contribution is 5.94. The Morgan fingerprint density at radius 3 is 2.77 bits per heavy atom. The van der Waals surface area contributed by atoms with Crippen molar-refractivity contribution in [3.8, 4) is 11.5 Å². The number of nitrogens with one attached hydrogen (secondary N) is 1. The van der Waals surface area contributed by atoms with Gasteiger partial charge in [-0.05, 0) is 6.07 Å². The van der Waals surface area contributed by atoms with Crippen molar-refractivity contribution in [2.75, 3.05) is 5.32 Å². The molecule has 2 rings (SSSR count). The maximum Gasteiger partial charge on any atom is 0.193 e. The number of phenols is 2. The minimum atomic E-state index is -0.166. The van der Waals surface area contributed by atoms with Crippen LogP contribution in [0.2, 0.25) is 0 Å². The molecule has 0 saturated carbocycles. The van der Waals surface area contributed by atoms with E-state index in [2.05, 4.69) is 10.3 Å². The molecule has 5 N–H and O–H groups in total. The van der Waals surface area contributed by atoms with Crippen molar-refractivity contribution in [2.24, 2.45) is 10.7 Å². The summed E-state index contributed by atoms with van der Waals surface area (Å²) in [6.07, 6.45) is 0. The molecule has 5 heteroatoms. The first kappa shape index (κ1) is 7.72. The Labute approximate surface area is 74.5 Å². The number of hydrogen-bond donors (Lipinski definition) is 4. The Hall–Kier alpha value is -1.91. The summed E-state index contributed by atoms with van der Waals surface area (Å²) < 4.78 is 0. The molecule has 0 bridgehead atoms. The van der Waals surface area contributed by atoms with Crippen molar-refractivity contribution in [2.45, 2.75) is 6.54 Å². The average molecular weight is 179 g/mol. The van der Waals surface area contributed by atoms with E-state index in [-0.39, 0.29) is 11.5 Å². The van der Waals surface area contributed by atoms with Crippen LogP contribution in [0.25, 0.3) is 0 Å². The molecule has 1 aromatic carbocycles. The Bertz CT molecular complexity index is 387. The number of phenolic OH excluding ortho intramolecular Hbond substituents is 2. The highest BCUT2D eigenvalue weighted by Gasteiger charge is 2.12. The van der Waals surface area contributed by atoms with Gasteiger partial charge in [-0.2, -0.15) is 0 Å². The van der Waals surface area contributed by atoms with Gasteiger partial charge in [-0.15, -0.1) is 0 Å². The molecule has 0 unspecified atom stereocenters. The van der Waals surface area contributed by atoms with Crippen molar-refractivity contribution in [1.82, 2.24) is 0 Å². The van der Waals surface area contributed by atoms with Crippen LogP contribution < -0.4 is 11.1 Å². The lowest BCUT2D eigenvalue weighted by Crippen LogP contribution is -2.25. The maximum absolute atomic E-state index is 9.19. The first-order valence-electron chi connectivity index (χ1n) is 3.78. The van der Waals surface area contributed by atoms with Crippen LogP contribution in [0, 0.1) is 0 Å². The molecule has 13 heavy (non-hydrogen) atoms. The van der Waals surface area contributed by atoms with Gasteiger partial charge in [0.1, 0.15) is 0 Å². The van der Waals surface area contributed by atoms with Crippen molar-refractivity contribution >= 4 is 11.6 Å². The summed E-state index contributed by atoms with van der Waals surface area (Å²) in [6.45, 7) is 0.419. The Kier molecular flexibility index (Phi) is 1.51. The second-order valence-electron chi connectivity index (χ2n) is 2.82. The molecule has 0 aromatic heterocycles. The third kappa shape index (κ3) is 1.24. The number of nitrogens with two attached hydrogens (primary N) is 1. The highest BCUT2D eigenvalue weighted by Crippen LogP contribution is 2.32. The van der Waals surface area contributed by atoms with Crippen molar-refractivity contribution < 1.29 is 10.2 Å². The minimum absolute atomic E-state index is 0.142. The van der Waals surface area contributed by atoms with E-state index in [0.717, 1.165) is 5.56 Å². The van der Waals surface area contributed by atoms with Crippen molar-refractivity contribution in [1.29, 1.82) is 0 Å². The number of benzene rings is 1. The molecule has 0 fully saturated rings. The molecule has 1 aliphatic heterocycles. The minimum Gasteiger partial charge on any atom is -0.504 e. The SMILES string of the molecule is NC1=NCc2cc(O)c(O)cc2N1. The second kappa shape index (κ2) is 2.55. The quantitative estimate of drug-likeness (QED) is 0.341. The zero-order valence-electron chi connectivity index (χ0n) is 6.78. The fourth-order valence-corrected chi connectivity index (χ4v) is 1.22. The predicted molar refractivity (Wildman–Crippen MR) is 48.7 cm³/mol. The number of aliphatic imine (C=N–C) groups is 1. The fraction of sp³-hybridized carbons (Fsp3) is 0.125. The van der Waals surface area contributed by atoms with Crippen LogP contribution in [0.15, 0.2) is 17.1 Å². The number of hydrogen-bond acceptors (Lipinski definition) is 5. The molecule has 68 valence electrons. The molecule has 0 spiro atoms. The predicted octanol–water partition coefficient (Wildman–Crippen LogP) is 0.338. The van der Waals surface area contributed by atoms with Crippen molar-refractivity contribution in [3.63, 3.8) is 0 Å². The standard InChI is InChI=1S/C8H9N3O2/c9-8-10-3-4-1-6(12)7(13)2-5(4)11-8/h1-2,12-13H,3H2,(H3,9,10,11).